The van der Waals surface area contributed by atoms with Crippen LogP contribution < -0.4 is 9.64 Å². The average Bonchev–Trinajstić information content (AvgIpc) is 2.70. The summed E-state index contributed by atoms with van der Waals surface area (Å²) in [6.45, 7) is 0.658. The number of methoxy groups -OCH3 is 1. The maximum Gasteiger partial charge on any atom is 0.227 e. The fourth-order valence-corrected chi connectivity index (χ4v) is 2.42. The second kappa shape index (κ2) is 5.15. The fraction of sp³-hybridized carbons (Fsp3) is 0.417. The summed E-state index contributed by atoms with van der Waals surface area (Å²) >= 11 is 11.8. The van der Waals surface area contributed by atoms with Crippen LogP contribution >= 0.6 is 23.2 Å². The Kier molecular flexibility index (Phi) is 3.79. The molecule has 1 heterocycles. The predicted molar refractivity (Wildman–Crippen MR) is 69.2 cm³/mol. The Balaban J connectivity index is 2.23. The maximum absolute atomic E-state index is 11.8. The van der Waals surface area contributed by atoms with E-state index in [-0.39, 0.29) is 11.8 Å². The third kappa shape index (κ3) is 2.50. The normalized spacial score (nSPS) is 19.8. The molecule has 0 aromatic heterocycles. The van der Waals surface area contributed by atoms with Gasteiger partial charge in [-0.25, -0.2) is 0 Å². The Morgan fingerprint density at radius 3 is 2.82 bits per heavy atom. The lowest BCUT2D eigenvalue weighted by Crippen LogP contribution is -2.24. The molecule has 0 radical (unpaired) electrons. The molecule has 0 bridgehead atoms. The van der Waals surface area contributed by atoms with Crippen LogP contribution in [0, 0.1) is 5.92 Å². The molecule has 0 spiro atoms. The zero-order valence-electron chi connectivity index (χ0n) is 9.45. The van der Waals surface area contributed by atoms with Crippen molar-refractivity contribution in [3.8, 4) is 5.75 Å². The molecular formula is C12H13Cl2NO2. The van der Waals surface area contributed by atoms with Crippen molar-refractivity contribution in [2.75, 3.05) is 24.4 Å². The van der Waals surface area contributed by atoms with Crippen LogP contribution in [-0.4, -0.2) is 25.4 Å². The number of carbonyl (C=O) groups excluding carboxylic acids is 1. The van der Waals surface area contributed by atoms with Crippen LogP contribution in [0.1, 0.15) is 6.42 Å². The summed E-state index contributed by atoms with van der Waals surface area (Å²) in [6, 6.07) is 5.34. The Bertz CT molecular complexity index is 437. The summed E-state index contributed by atoms with van der Waals surface area (Å²) in [7, 11) is 1.56. The van der Waals surface area contributed by atoms with E-state index in [1.807, 2.05) is 6.07 Å². The number of rotatable bonds is 3. The van der Waals surface area contributed by atoms with E-state index in [9.17, 15) is 4.79 Å². The Morgan fingerprint density at radius 1 is 1.53 bits per heavy atom. The molecule has 0 saturated carbocycles. The standard InChI is InChI=1S/C12H13Cl2NO2/c1-17-11-3-2-9(5-10(11)14)15-7-8(6-13)4-12(15)16/h2-3,5,8H,4,6-7H2,1H3. The molecule has 1 unspecified atom stereocenters. The van der Waals surface area contributed by atoms with Crippen molar-refractivity contribution in [3.63, 3.8) is 0 Å². The monoisotopic (exact) mass is 273 g/mol. The number of anilines is 1. The van der Waals surface area contributed by atoms with Crippen molar-refractivity contribution in [1.82, 2.24) is 0 Å². The van der Waals surface area contributed by atoms with E-state index >= 15 is 0 Å². The lowest BCUT2D eigenvalue weighted by molar-refractivity contribution is -0.117. The van der Waals surface area contributed by atoms with Gasteiger partial charge in [0.25, 0.3) is 0 Å². The summed E-state index contributed by atoms with van der Waals surface area (Å²) in [5.41, 5.74) is 0.799. The predicted octanol–water partition coefficient (Wildman–Crippen LogP) is 2.94. The number of hydrogen-bond acceptors (Lipinski definition) is 2. The average molecular weight is 274 g/mol. The number of benzene rings is 1. The zero-order chi connectivity index (χ0) is 12.4. The van der Waals surface area contributed by atoms with Gasteiger partial charge in [-0.2, -0.15) is 0 Å². The summed E-state index contributed by atoms with van der Waals surface area (Å²) in [5, 5.41) is 0.507. The molecule has 92 valence electrons. The third-order valence-corrected chi connectivity index (χ3v) is 3.60. The third-order valence-electron chi connectivity index (χ3n) is 2.87. The van der Waals surface area contributed by atoms with E-state index in [2.05, 4.69) is 0 Å². The molecule has 1 aromatic carbocycles. The SMILES string of the molecule is COc1ccc(N2CC(CCl)CC2=O)cc1Cl. The highest BCUT2D eigenvalue weighted by Crippen LogP contribution is 2.32. The van der Waals surface area contributed by atoms with Crippen LogP contribution in [-0.2, 0) is 4.79 Å². The van der Waals surface area contributed by atoms with E-state index in [0.29, 0.717) is 29.6 Å². The molecule has 17 heavy (non-hydrogen) atoms. The van der Waals surface area contributed by atoms with Gasteiger partial charge in [0.1, 0.15) is 5.75 Å². The minimum atomic E-state index is 0.0943. The molecule has 0 N–H and O–H groups in total. The van der Waals surface area contributed by atoms with Crippen molar-refractivity contribution < 1.29 is 9.53 Å². The molecule has 1 aliphatic heterocycles. The number of alkyl halides is 1. The molecule has 2 rings (SSSR count). The number of hydrogen-bond donors (Lipinski definition) is 0. The first kappa shape index (κ1) is 12.5. The molecule has 1 fully saturated rings. The fourth-order valence-electron chi connectivity index (χ4n) is 1.96. The van der Waals surface area contributed by atoms with Crippen molar-refractivity contribution in [1.29, 1.82) is 0 Å². The van der Waals surface area contributed by atoms with Gasteiger partial charge in [-0.15, -0.1) is 11.6 Å². The minimum Gasteiger partial charge on any atom is -0.495 e. The topological polar surface area (TPSA) is 29.5 Å². The van der Waals surface area contributed by atoms with E-state index in [0.717, 1.165) is 5.69 Å². The number of nitrogens with zero attached hydrogens (tertiary/aromatic N) is 1. The number of ether oxygens (including phenoxy) is 1. The van der Waals surface area contributed by atoms with Gasteiger partial charge in [0, 0.05) is 24.5 Å². The van der Waals surface area contributed by atoms with Crippen LogP contribution in [0.15, 0.2) is 18.2 Å². The molecule has 1 aliphatic rings. The number of amides is 1. The maximum atomic E-state index is 11.8. The Labute approximate surface area is 110 Å². The van der Waals surface area contributed by atoms with Crippen molar-refractivity contribution in [2.24, 2.45) is 5.92 Å². The number of halogens is 2. The second-order valence-corrected chi connectivity index (χ2v) is 4.76. The van der Waals surface area contributed by atoms with Crippen LogP contribution in [0.25, 0.3) is 0 Å². The molecule has 1 aromatic rings. The van der Waals surface area contributed by atoms with Crippen molar-refractivity contribution in [2.45, 2.75) is 6.42 Å². The molecule has 0 aliphatic carbocycles. The van der Waals surface area contributed by atoms with E-state index in [4.69, 9.17) is 27.9 Å². The van der Waals surface area contributed by atoms with Crippen LogP contribution in [0.2, 0.25) is 5.02 Å². The van der Waals surface area contributed by atoms with Gasteiger partial charge in [0.15, 0.2) is 0 Å². The lowest BCUT2D eigenvalue weighted by Gasteiger charge is -2.17. The minimum absolute atomic E-state index is 0.0943. The van der Waals surface area contributed by atoms with Crippen LogP contribution in [0.5, 0.6) is 5.75 Å². The highest BCUT2D eigenvalue weighted by molar-refractivity contribution is 6.32. The largest absolute Gasteiger partial charge is 0.495 e. The van der Waals surface area contributed by atoms with Crippen LogP contribution in [0.3, 0.4) is 0 Å². The van der Waals surface area contributed by atoms with Gasteiger partial charge < -0.3 is 9.64 Å². The van der Waals surface area contributed by atoms with Gasteiger partial charge in [-0.3, -0.25) is 4.79 Å². The zero-order valence-corrected chi connectivity index (χ0v) is 11.0. The van der Waals surface area contributed by atoms with E-state index in [1.54, 1.807) is 24.1 Å². The summed E-state index contributed by atoms with van der Waals surface area (Å²) in [5.74, 6) is 1.43. The molecule has 3 nitrogen and oxygen atoms in total. The molecule has 5 heteroatoms. The molecule has 1 amide bonds. The van der Waals surface area contributed by atoms with Crippen molar-refractivity contribution in [3.05, 3.63) is 23.2 Å². The Hall–Kier alpha value is -0.930. The van der Waals surface area contributed by atoms with Gasteiger partial charge in [0.2, 0.25) is 5.91 Å². The van der Waals surface area contributed by atoms with E-state index in [1.165, 1.54) is 0 Å². The summed E-state index contributed by atoms with van der Waals surface area (Å²) in [4.78, 5) is 13.5. The highest BCUT2D eigenvalue weighted by Gasteiger charge is 2.30. The van der Waals surface area contributed by atoms with Gasteiger partial charge >= 0.3 is 0 Å². The summed E-state index contributed by atoms with van der Waals surface area (Å²) in [6.07, 6.45) is 0.507. The Morgan fingerprint density at radius 2 is 2.29 bits per heavy atom. The van der Waals surface area contributed by atoms with Gasteiger partial charge in [-0.05, 0) is 24.1 Å². The number of carbonyl (C=O) groups is 1. The first-order chi connectivity index (χ1) is 8.15. The highest BCUT2D eigenvalue weighted by atomic mass is 35.5. The second-order valence-electron chi connectivity index (χ2n) is 4.05. The quantitative estimate of drug-likeness (QED) is 0.793. The smallest absolute Gasteiger partial charge is 0.227 e. The first-order valence-corrected chi connectivity index (χ1v) is 6.27. The van der Waals surface area contributed by atoms with E-state index < -0.39 is 0 Å². The molecule has 1 saturated heterocycles. The van der Waals surface area contributed by atoms with Gasteiger partial charge in [-0.1, -0.05) is 11.6 Å². The first-order valence-electron chi connectivity index (χ1n) is 5.35. The van der Waals surface area contributed by atoms with Crippen molar-refractivity contribution >= 4 is 34.8 Å². The lowest BCUT2D eigenvalue weighted by atomic mass is 10.1. The molecular weight excluding hydrogens is 261 g/mol. The summed E-state index contributed by atoms with van der Waals surface area (Å²) < 4.78 is 5.08. The van der Waals surface area contributed by atoms with Crippen LogP contribution in [0.4, 0.5) is 5.69 Å². The van der Waals surface area contributed by atoms with Gasteiger partial charge in [0.05, 0.1) is 12.1 Å². The molecule has 1 atom stereocenters.